The van der Waals surface area contributed by atoms with Crippen LogP contribution in [0.2, 0.25) is 0 Å². The second kappa shape index (κ2) is 7.32. The van der Waals surface area contributed by atoms with Crippen molar-refractivity contribution in [2.24, 2.45) is 0 Å². The van der Waals surface area contributed by atoms with E-state index in [2.05, 4.69) is 43.1 Å². The lowest BCUT2D eigenvalue weighted by Gasteiger charge is -2.33. The minimum atomic E-state index is -0.156. The Morgan fingerprint density at radius 2 is 1.92 bits per heavy atom. The molecule has 1 amide bonds. The summed E-state index contributed by atoms with van der Waals surface area (Å²) in [5.41, 5.74) is 2.45. The fourth-order valence-corrected chi connectivity index (χ4v) is 3.25. The number of piperazine rings is 1. The summed E-state index contributed by atoms with van der Waals surface area (Å²) in [5, 5.41) is 2.91. The van der Waals surface area contributed by atoms with E-state index in [-0.39, 0.29) is 5.91 Å². The van der Waals surface area contributed by atoms with E-state index in [1.807, 2.05) is 37.3 Å². The lowest BCUT2D eigenvalue weighted by molar-refractivity contribution is 0.102. The molecule has 0 atom stereocenters. The summed E-state index contributed by atoms with van der Waals surface area (Å²) in [5.74, 6) is 0.771. The Morgan fingerprint density at radius 1 is 1.17 bits per heavy atom. The number of halogens is 1. The van der Waals surface area contributed by atoms with Crippen molar-refractivity contribution >= 4 is 33.3 Å². The van der Waals surface area contributed by atoms with Gasteiger partial charge in [0.1, 0.15) is 5.82 Å². The average molecular weight is 389 g/mol. The van der Waals surface area contributed by atoms with E-state index < -0.39 is 0 Å². The largest absolute Gasteiger partial charge is 0.354 e. The number of likely N-dealkylation sites (N-methyl/N-ethyl adjacent to an activating group) is 1. The summed E-state index contributed by atoms with van der Waals surface area (Å²) in [4.78, 5) is 21.4. The normalized spacial score (nSPS) is 15.4. The van der Waals surface area contributed by atoms with Crippen molar-refractivity contribution in [3.63, 3.8) is 0 Å². The van der Waals surface area contributed by atoms with E-state index in [4.69, 9.17) is 0 Å². The maximum atomic E-state index is 12.4. The summed E-state index contributed by atoms with van der Waals surface area (Å²) in [6.07, 6.45) is 1.64. The van der Waals surface area contributed by atoms with Crippen molar-refractivity contribution in [3.05, 3.63) is 52.1 Å². The zero-order valence-electron chi connectivity index (χ0n) is 13.9. The Labute approximate surface area is 150 Å². The molecular formula is C18H21BrN4O. The molecule has 3 rings (SSSR count). The Bertz CT molecular complexity index is 724. The van der Waals surface area contributed by atoms with Crippen LogP contribution in [-0.4, -0.2) is 49.0 Å². The fourth-order valence-electron chi connectivity index (χ4n) is 2.66. The highest BCUT2D eigenvalue weighted by molar-refractivity contribution is 9.10. The third-order valence-electron chi connectivity index (χ3n) is 4.21. The molecule has 1 aliphatic heterocycles. The van der Waals surface area contributed by atoms with Crippen LogP contribution < -0.4 is 10.2 Å². The molecule has 1 aliphatic rings. The molecule has 0 aliphatic carbocycles. The Balaban J connectivity index is 1.67. The summed E-state index contributed by atoms with van der Waals surface area (Å²) in [6.45, 7) is 6.00. The van der Waals surface area contributed by atoms with Gasteiger partial charge >= 0.3 is 0 Å². The number of carbonyl (C=O) groups excluding carboxylic acids is 1. The van der Waals surface area contributed by atoms with Crippen LogP contribution in [-0.2, 0) is 0 Å². The molecule has 0 spiro atoms. The molecule has 2 heterocycles. The number of hydrogen-bond acceptors (Lipinski definition) is 4. The molecule has 1 aromatic heterocycles. The molecule has 0 unspecified atom stereocenters. The SMILES string of the molecule is Cc1ccc(NC(=O)c2ccc(N3CCN(C)CC3)nc2)c(Br)c1. The number of anilines is 2. The number of aryl methyl sites for hydroxylation is 1. The molecule has 1 N–H and O–H groups in total. The van der Waals surface area contributed by atoms with E-state index in [0.29, 0.717) is 5.56 Å². The van der Waals surface area contributed by atoms with E-state index in [1.165, 1.54) is 0 Å². The van der Waals surface area contributed by atoms with Gasteiger partial charge in [0.2, 0.25) is 0 Å². The maximum Gasteiger partial charge on any atom is 0.257 e. The van der Waals surface area contributed by atoms with Gasteiger partial charge in [-0.1, -0.05) is 6.07 Å². The van der Waals surface area contributed by atoms with Crippen LogP contribution in [0.25, 0.3) is 0 Å². The van der Waals surface area contributed by atoms with E-state index >= 15 is 0 Å². The molecule has 0 radical (unpaired) electrons. The van der Waals surface area contributed by atoms with Crippen LogP contribution in [0.1, 0.15) is 15.9 Å². The number of benzene rings is 1. The topological polar surface area (TPSA) is 48.5 Å². The summed E-state index contributed by atoms with van der Waals surface area (Å²) < 4.78 is 0.873. The van der Waals surface area contributed by atoms with Crippen molar-refractivity contribution in [1.29, 1.82) is 0 Å². The average Bonchev–Trinajstić information content (AvgIpc) is 2.58. The lowest BCUT2D eigenvalue weighted by atomic mass is 10.2. The van der Waals surface area contributed by atoms with Crippen molar-refractivity contribution in [1.82, 2.24) is 9.88 Å². The molecule has 0 bridgehead atoms. The number of amides is 1. The molecule has 1 fully saturated rings. The first-order chi connectivity index (χ1) is 11.5. The van der Waals surface area contributed by atoms with Crippen LogP contribution in [0.3, 0.4) is 0 Å². The Hall–Kier alpha value is -1.92. The van der Waals surface area contributed by atoms with Crippen molar-refractivity contribution < 1.29 is 4.79 Å². The second-order valence-electron chi connectivity index (χ2n) is 6.13. The van der Waals surface area contributed by atoms with Gasteiger partial charge in [-0.2, -0.15) is 0 Å². The van der Waals surface area contributed by atoms with Gasteiger partial charge in [-0.05, 0) is 59.7 Å². The van der Waals surface area contributed by atoms with Crippen LogP contribution >= 0.6 is 15.9 Å². The number of pyridine rings is 1. The second-order valence-corrected chi connectivity index (χ2v) is 6.99. The van der Waals surface area contributed by atoms with Crippen molar-refractivity contribution in [2.45, 2.75) is 6.92 Å². The first kappa shape index (κ1) is 16.9. The third-order valence-corrected chi connectivity index (χ3v) is 4.87. The molecule has 1 aromatic carbocycles. The smallest absolute Gasteiger partial charge is 0.257 e. The molecule has 1 saturated heterocycles. The number of hydrogen-bond donors (Lipinski definition) is 1. The summed E-state index contributed by atoms with van der Waals surface area (Å²) in [7, 11) is 2.13. The van der Waals surface area contributed by atoms with Gasteiger partial charge in [-0.25, -0.2) is 4.98 Å². The predicted molar refractivity (Wildman–Crippen MR) is 101 cm³/mol. The minimum Gasteiger partial charge on any atom is -0.354 e. The van der Waals surface area contributed by atoms with Gasteiger partial charge in [0.05, 0.1) is 11.3 Å². The summed E-state index contributed by atoms with van der Waals surface area (Å²) in [6, 6.07) is 9.59. The van der Waals surface area contributed by atoms with Gasteiger partial charge in [0.15, 0.2) is 0 Å². The molecule has 2 aromatic rings. The lowest BCUT2D eigenvalue weighted by Crippen LogP contribution is -2.44. The number of aromatic nitrogens is 1. The van der Waals surface area contributed by atoms with Crippen LogP contribution in [0.5, 0.6) is 0 Å². The quantitative estimate of drug-likeness (QED) is 0.876. The number of nitrogens with zero attached hydrogens (tertiary/aromatic N) is 3. The molecule has 0 saturated carbocycles. The highest BCUT2D eigenvalue weighted by atomic mass is 79.9. The molecular weight excluding hydrogens is 368 g/mol. The maximum absolute atomic E-state index is 12.4. The Kier molecular flexibility index (Phi) is 5.16. The standard InChI is InChI=1S/C18H21BrN4O/c1-13-3-5-16(15(19)11-13)21-18(24)14-4-6-17(20-12-14)23-9-7-22(2)8-10-23/h3-6,11-12H,7-10H2,1-2H3,(H,21,24). The van der Waals surface area contributed by atoms with E-state index in [9.17, 15) is 4.79 Å². The zero-order chi connectivity index (χ0) is 17.1. The van der Waals surface area contributed by atoms with E-state index in [0.717, 1.165) is 47.7 Å². The number of carbonyl (C=O) groups is 1. The minimum absolute atomic E-state index is 0.156. The highest BCUT2D eigenvalue weighted by Crippen LogP contribution is 2.24. The van der Waals surface area contributed by atoms with Crippen molar-refractivity contribution in [2.75, 3.05) is 43.4 Å². The van der Waals surface area contributed by atoms with Crippen LogP contribution in [0, 0.1) is 6.92 Å². The molecule has 126 valence electrons. The highest BCUT2D eigenvalue weighted by Gasteiger charge is 2.16. The van der Waals surface area contributed by atoms with Crippen LogP contribution in [0.15, 0.2) is 41.0 Å². The van der Waals surface area contributed by atoms with Gasteiger partial charge in [-0.15, -0.1) is 0 Å². The van der Waals surface area contributed by atoms with Gasteiger partial charge < -0.3 is 15.1 Å². The predicted octanol–water partition coefficient (Wildman–Crippen LogP) is 3.16. The van der Waals surface area contributed by atoms with Crippen molar-refractivity contribution in [3.8, 4) is 0 Å². The number of nitrogens with one attached hydrogen (secondary N) is 1. The van der Waals surface area contributed by atoms with Gasteiger partial charge in [0.25, 0.3) is 5.91 Å². The molecule has 5 nitrogen and oxygen atoms in total. The fraction of sp³-hybridized carbons (Fsp3) is 0.333. The van der Waals surface area contributed by atoms with Crippen LogP contribution in [0.4, 0.5) is 11.5 Å². The summed E-state index contributed by atoms with van der Waals surface area (Å²) >= 11 is 3.48. The van der Waals surface area contributed by atoms with Gasteiger partial charge in [-0.3, -0.25) is 4.79 Å². The van der Waals surface area contributed by atoms with Gasteiger partial charge in [0, 0.05) is 36.8 Å². The third kappa shape index (κ3) is 3.94. The molecule has 24 heavy (non-hydrogen) atoms. The van der Waals surface area contributed by atoms with E-state index in [1.54, 1.807) is 6.20 Å². The Morgan fingerprint density at radius 3 is 2.54 bits per heavy atom. The first-order valence-corrected chi connectivity index (χ1v) is 8.79. The number of rotatable bonds is 3. The monoisotopic (exact) mass is 388 g/mol. The molecule has 6 heteroatoms. The zero-order valence-corrected chi connectivity index (χ0v) is 15.5. The first-order valence-electron chi connectivity index (χ1n) is 8.00.